The van der Waals surface area contributed by atoms with Crippen LogP contribution in [0.5, 0.6) is 11.5 Å². The Morgan fingerprint density at radius 3 is 2.42 bits per heavy atom. The molecule has 9 heteroatoms. The molecular formula is C22H28N2O6S. The first-order chi connectivity index (χ1) is 14.9. The highest BCUT2D eigenvalue weighted by Crippen LogP contribution is 2.43. The summed E-state index contributed by atoms with van der Waals surface area (Å²) >= 11 is 0. The van der Waals surface area contributed by atoms with Crippen LogP contribution in [0.25, 0.3) is 0 Å². The van der Waals surface area contributed by atoms with Gasteiger partial charge >= 0.3 is 0 Å². The van der Waals surface area contributed by atoms with Gasteiger partial charge in [-0.05, 0) is 18.2 Å². The van der Waals surface area contributed by atoms with Crippen molar-refractivity contribution >= 4 is 15.9 Å². The van der Waals surface area contributed by atoms with Crippen LogP contribution in [0.2, 0.25) is 0 Å². The number of rotatable bonds is 9. The van der Waals surface area contributed by atoms with E-state index in [0.717, 1.165) is 5.56 Å². The first-order valence-corrected chi connectivity index (χ1v) is 11.4. The zero-order chi connectivity index (χ0) is 22.4. The Morgan fingerprint density at radius 2 is 1.77 bits per heavy atom. The summed E-state index contributed by atoms with van der Waals surface area (Å²) in [5, 5.41) is 2.85. The van der Waals surface area contributed by atoms with Gasteiger partial charge in [0.05, 0.1) is 31.6 Å². The number of carbonyl (C=O) groups is 1. The molecule has 1 aliphatic heterocycles. The predicted octanol–water partition coefficient (Wildman–Crippen LogP) is 1.87. The van der Waals surface area contributed by atoms with Crippen molar-refractivity contribution in [3.63, 3.8) is 0 Å². The number of nitrogens with one attached hydrogen (secondary N) is 1. The van der Waals surface area contributed by atoms with Crippen LogP contribution in [0.15, 0.2) is 53.4 Å². The van der Waals surface area contributed by atoms with Crippen molar-refractivity contribution in [3.05, 3.63) is 54.1 Å². The second-order valence-corrected chi connectivity index (χ2v) is 9.15. The number of nitrogens with zero attached hydrogens (tertiary/aromatic N) is 1. The second kappa shape index (κ2) is 10.1. The van der Waals surface area contributed by atoms with E-state index in [9.17, 15) is 13.2 Å². The zero-order valence-corrected chi connectivity index (χ0v) is 18.7. The van der Waals surface area contributed by atoms with E-state index in [4.69, 9.17) is 14.2 Å². The molecule has 2 aromatic carbocycles. The minimum absolute atomic E-state index is 0.0705. The monoisotopic (exact) mass is 448 g/mol. The third-order valence-electron chi connectivity index (χ3n) is 5.44. The van der Waals surface area contributed by atoms with Crippen LogP contribution in [0.4, 0.5) is 0 Å². The van der Waals surface area contributed by atoms with Crippen molar-refractivity contribution in [2.24, 2.45) is 5.92 Å². The summed E-state index contributed by atoms with van der Waals surface area (Å²) < 4.78 is 43.8. The predicted molar refractivity (Wildman–Crippen MR) is 116 cm³/mol. The summed E-state index contributed by atoms with van der Waals surface area (Å²) in [6, 6.07) is 13.7. The van der Waals surface area contributed by atoms with Gasteiger partial charge in [0.2, 0.25) is 15.9 Å². The van der Waals surface area contributed by atoms with E-state index in [0.29, 0.717) is 24.7 Å². The molecule has 1 saturated heterocycles. The highest BCUT2D eigenvalue weighted by atomic mass is 32.2. The fraction of sp³-hybridized carbons (Fsp3) is 0.409. The van der Waals surface area contributed by atoms with Crippen molar-refractivity contribution in [1.29, 1.82) is 0 Å². The molecule has 3 rings (SSSR count). The van der Waals surface area contributed by atoms with Crippen LogP contribution in [0.3, 0.4) is 0 Å². The van der Waals surface area contributed by atoms with Crippen molar-refractivity contribution in [3.8, 4) is 11.5 Å². The van der Waals surface area contributed by atoms with Crippen LogP contribution in [0.1, 0.15) is 11.5 Å². The standard InChI is InChI=1S/C22H28N2O6S/c1-28-13-12-23-22(25)19-15-24(31(26,27)16-8-5-4-6-9-16)14-18(19)17-10-7-11-20(29-2)21(17)30-3/h4-11,18-19H,12-15H2,1-3H3,(H,23,25)/t18-,19-/m1/s1. The van der Waals surface area contributed by atoms with Crippen LogP contribution in [-0.2, 0) is 19.6 Å². The smallest absolute Gasteiger partial charge is 0.243 e. The Bertz CT molecular complexity index is 996. The van der Waals surface area contributed by atoms with Crippen molar-refractivity contribution < 1.29 is 27.4 Å². The number of sulfonamides is 1. The van der Waals surface area contributed by atoms with Gasteiger partial charge in [0.25, 0.3) is 0 Å². The lowest BCUT2D eigenvalue weighted by Crippen LogP contribution is -2.37. The van der Waals surface area contributed by atoms with Crippen molar-refractivity contribution in [2.45, 2.75) is 10.8 Å². The molecule has 168 valence electrons. The van der Waals surface area contributed by atoms with Crippen LogP contribution in [-0.4, -0.2) is 66.2 Å². The van der Waals surface area contributed by atoms with E-state index in [1.807, 2.05) is 12.1 Å². The Labute approximate surface area is 183 Å². The number of methoxy groups -OCH3 is 3. The minimum atomic E-state index is -3.75. The Morgan fingerprint density at radius 1 is 1.03 bits per heavy atom. The third kappa shape index (κ3) is 4.84. The summed E-state index contributed by atoms with van der Waals surface area (Å²) in [7, 11) is 0.875. The summed E-state index contributed by atoms with van der Waals surface area (Å²) in [5.74, 6) is -0.174. The normalized spacial score (nSPS) is 19.2. The average Bonchev–Trinajstić information content (AvgIpc) is 3.25. The van der Waals surface area contributed by atoms with E-state index in [2.05, 4.69) is 5.32 Å². The largest absolute Gasteiger partial charge is 0.493 e. The zero-order valence-electron chi connectivity index (χ0n) is 17.9. The number of ether oxygens (including phenoxy) is 3. The van der Waals surface area contributed by atoms with Gasteiger partial charge in [-0.2, -0.15) is 4.31 Å². The summed E-state index contributed by atoms with van der Waals surface area (Å²) in [6.07, 6.45) is 0. The molecule has 0 radical (unpaired) electrons. The fourth-order valence-corrected chi connectivity index (χ4v) is 5.41. The second-order valence-electron chi connectivity index (χ2n) is 7.21. The van der Waals surface area contributed by atoms with Crippen molar-refractivity contribution in [2.75, 3.05) is 47.6 Å². The quantitative estimate of drug-likeness (QED) is 0.589. The maximum Gasteiger partial charge on any atom is 0.243 e. The SMILES string of the molecule is COCCNC(=O)[C@@H]1CN(S(=O)(=O)c2ccccc2)C[C@@H]1c1cccc(OC)c1OC. The van der Waals surface area contributed by atoms with E-state index < -0.39 is 21.9 Å². The topological polar surface area (TPSA) is 94.2 Å². The van der Waals surface area contributed by atoms with Crippen LogP contribution < -0.4 is 14.8 Å². The van der Waals surface area contributed by atoms with Crippen molar-refractivity contribution in [1.82, 2.24) is 9.62 Å². The molecule has 1 amide bonds. The molecular weight excluding hydrogens is 420 g/mol. The number of hydrogen-bond donors (Lipinski definition) is 1. The van der Waals surface area contributed by atoms with Crippen LogP contribution in [0, 0.1) is 5.92 Å². The van der Waals surface area contributed by atoms with Gasteiger partial charge in [-0.15, -0.1) is 0 Å². The highest BCUT2D eigenvalue weighted by molar-refractivity contribution is 7.89. The minimum Gasteiger partial charge on any atom is -0.493 e. The van der Waals surface area contributed by atoms with Gasteiger partial charge in [-0.3, -0.25) is 4.79 Å². The number of para-hydroxylation sites is 1. The molecule has 2 aromatic rings. The lowest BCUT2D eigenvalue weighted by molar-refractivity contribution is -0.125. The van der Waals surface area contributed by atoms with E-state index >= 15 is 0 Å². The molecule has 0 aliphatic carbocycles. The lowest BCUT2D eigenvalue weighted by atomic mass is 9.87. The number of carbonyl (C=O) groups excluding carboxylic acids is 1. The fourth-order valence-electron chi connectivity index (χ4n) is 3.90. The molecule has 1 heterocycles. The summed E-state index contributed by atoms with van der Waals surface area (Å²) in [4.78, 5) is 13.2. The average molecular weight is 449 g/mol. The first-order valence-electron chi connectivity index (χ1n) is 9.96. The van der Waals surface area contributed by atoms with Gasteiger partial charge < -0.3 is 19.5 Å². The summed E-state index contributed by atoms with van der Waals surface area (Å²) in [5.41, 5.74) is 0.736. The van der Waals surface area contributed by atoms with E-state index in [-0.39, 0.29) is 23.9 Å². The first kappa shape index (κ1) is 23.1. The Hall–Kier alpha value is -2.62. The molecule has 0 unspecified atom stereocenters. The van der Waals surface area contributed by atoms with Gasteiger partial charge in [0.15, 0.2) is 11.5 Å². The van der Waals surface area contributed by atoms with Gasteiger partial charge in [0.1, 0.15) is 0 Å². The number of benzene rings is 2. The molecule has 0 bridgehead atoms. The molecule has 1 fully saturated rings. The molecule has 0 aromatic heterocycles. The third-order valence-corrected chi connectivity index (χ3v) is 7.29. The molecule has 1 N–H and O–H groups in total. The lowest BCUT2D eigenvalue weighted by Gasteiger charge is -2.21. The highest BCUT2D eigenvalue weighted by Gasteiger charge is 2.44. The molecule has 31 heavy (non-hydrogen) atoms. The molecule has 1 aliphatic rings. The van der Waals surface area contributed by atoms with Crippen LogP contribution >= 0.6 is 0 Å². The van der Waals surface area contributed by atoms with Gasteiger partial charge in [-0.25, -0.2) is 8.42 Å². The number of hydrogen-bond acceptors (Lipinski definition) is 6. The molecule has 0 saturated carbocycles. The van der Waals surface area contributed by atoms with E-state index in [1.165, 1.54) is 18.5 Å². The maximum atomic E-state index is 13.2. The molecule has 8 nitrogen and oxygen atoms in total. The van der Waals surface area contributed by atoms with Gasteiger partial charge in [-0.1, -0.05) is 30.3 Å². The Balaban J connectivity index is 1.98. The maximum absolute atomic E-state index is 13.2. The van der Waals surface area contributed by atoms with Gasteiger partial charge in [0, 0.05) is 38.2 Å². The summed E-state index contributed by atoms with van der Waals surface area (Å²) in [6.45, 7) is 0.945. The number of amides is 1. The Kier molecular flexibility index (Phi) is 7.53. The molecule has 0 spiro atoms. The van der Waals surface area contributed by atoms with E-state index in [1.54, 1.807) is 43.5 Å². The molecule has 2 atom stereocenters.